The molecule has 0 radical (unpaired) electrons. The van der Waals surface area contributed by atoms with E-state index in [0.29, 0.717) is 11.4 Å². The van der Waals surface area contributed by atoms with Gasteiger partial charge >= 0.3 is 6.03 Å². The number of nitrogen functional groups attached to an aromatic ring is 1. The lowest BCUT2D eigenvalue weighted by Gasteiger charge is -2.10. The van der Waals surface area contributed by atoms with Gasteiger partial charge in [-0.2, -0.15) is 0 Å². The van der Waals surface area contributed by atoms with Gasteiger partial charge in [0.25, 0.3) is 0 Å². The number of anilines is 2. The molecule has 0 aliphatic heterocycles. The van der Waals surface area contributed by atoms with Gasteiger partial charge in [-0.1, -0.05) is 6.07 Å². The van der Waals surface area contributed by atoms with Crippen molar-refractivity contribution in [2.24, 2.45) is 0 Å². The topological polar surface area (TPSA) is 96.2 Å². The molecule has 6 nitrogen and oxygen atoms in total. The summed E-state index contributed by atoms with van der Waals surface area (Å²) >= 11 is 0. The third-order valence-corrected chi connectivity index (χ3v) is 2.00. The summed E-state index contributed by atoms with van der Waals surface area (Å²) in [5, 5.41) is 7.70. The quantitative estimate of drug-likeness (QED) is 0.598. The second-order valence-electron chi connectivity index (χ2n) is 4.16. The van der Waals surface area contributed by atoms with Gasteiger partial charge < -0.3 is 21.7 Å². The van der Waals surface area contributed by atoms with Gasteiger partial charge in [0.05, 0.1) is 6.54 Å². The van der Waals surface area contributed by atoms with Crippen molar-refractivity contribution in [3.8, 4) is 0 Å². The second kappa shape index (κ2) is 6.48. The van der Waals surface area contributed by atoms with E-state index in [2.05, 4.69) is 16.0 Å². The molecule has 0 aromatic heterocycles. The molecule has 5 N–H and O–H groups in total. The van der Waals surface area contributed by atoms with Crippen molar-refractivity contribution < 1.29 is 9.59 Å². The highest BCUT2D eigenvalue weighted by Gasteiger charge is 2.06. The maximum absolute atomic E-state index is 11.5. The average Bonchev–Trinajstić information content (AvgIpc) is 2.25. The normalized spacial score (nSPS) is 9.94. The number of carbonyl (C=O) groups is 2. The van der Waals surface area contributed by atoms with Crippen LogP contribution in [0.5, 0.6) is 0 Å². The van der Waals surface area contributed by atoms with E-state index in [1.165, 1.54) is 0 Å². The molecule has 0 aliphatic carbocycles. The molecule has 0 bridgehead atoms. The van der Waals surface area contributed by atoms with Gasteiger partial charge in [-0.15, -0.1) is 0 Å². The largest absolute Gasteiger partial charge is 0.399 e. The monoisotopic (exact) mass is 250 g/mol. The van der Waals surface area contributed by atoms with Crippen molar-refractivity contribution in [2.75, 3.05) is 17.6 Å². The molecule has 0 unspecified atom stereocenters. The maximum atomic E-state index is 11.5. The van der Waals surface area contributed by atoms with Crippen LogP contribution >= 0.6 is 0 Å². The Kier molecular flexibility index (Phi) is 4.98. The van der Waals surface area contributed by atoms with Gasteiger partial charge in [0.15, 0.2) is 0 Å². The van der Waals surface area contributed by atoms with E-state index in [4.69, 9.17) is 5.73 Å². The first-order valence-electron chi connectivity index (χ1n) is 5.67. The SMILES string of the molecule is CC(C)NC(=O)CNC(=O)Nc1cccc(N)c1. The van der Waals surface area contributed by atoms with Crippen molar-refractivity contribution in [2.45, 2.75) is 19.9 Å². The summed E-state index contributed by atoms with van der Waals surface area (Å²) < 4.78 is 0. The summed E-state index contributed by atoms with van der Waals surface area (Å²) in [5.41, 5.74) is 6.72. The summed E-state index contributed by atoms with van der Waals surface area (Å²) in [6.07, 6.45) is 0. The van der Waals surface area contributed by atoms with Crippen molar-refractivity contribution in [1.29, 1.82) is 0 Å². The summed E-state index contributed by atoms with van der Waals surface area (Å²) in [6, 6.07) is 6.41. The highest BCUT2D eigenvalue weighted by molar-refractivity contribution is 5.92. The van der Waals surface area contributed by atoms with E-state index in [9.17, 15) is 9.59 Å². The van der Waals surface area contributed by atoms with E-state index >= 15 is 0 Å². The highest BCUT2D eigenvalue weighted by Crippen LogP contribution is 2.11. The fourth-order valence-corrected chi connectivity index (χ4v) is 1.33. The van der Waals surface area contributed by atoms with E-state index in [-0.39, 0.29) is 18.5 Å². The Balaban J connectivity index is 2.36. The molecule has 98 valence electrons. The maximum Gasteiger partial charge on any atom is 0.319 e. The van der Waals surface area contributed by atoms with Crippen molar-refractivity contribution in [3.63, 3.8) is 0 Å². The Labute approximate surface area is 106 Å². The molecule has 6 heteroatoms. The predicted octanol–water partition coefficient (Wildman–Crippen LogP) is 0.915. The number of nitrogens with one attached hydrogen (secondary N) is 3. The van der Waals surface area contributed by atoms with Crippen molar-refractivity contribution >= 4 is 23.3 Å². The van der Waals surface area contributed by atoms with Crippen LogP contribution in [0, 0.1) is 0 Å². The highest BCUT2D eigenvalue weighted by atomic mass is 16.2. The Bertz CT molecular complexity index is 432. The zero-order valence-corrected chi connectivity index (χ0v) is 10.5. The van der Waals surface area contributed by atoms with Gasteiger partial charge in [-0.05, 0) is 32.0 Å². The second-order valence-corrected chi connectivity index (χ2v) is 4.16. The average molecular weight is 250 g/mol. The van der Waals surface area contributed by atoms with Crippen LogP contribution in [0.25, 0.3) is 0 Å². The van der Waals surface area contributed by atoms with Crippen LogP contribution in [0.2, 0.25) is 0 Å². The molecule has 0 fully saturated rings. The fourth-order valence-electron chi connectivity index (χ4n) is 1.33. The first kappa shape index (κ1) is 13.8. The van der Waals surface area contributed by atoms with Gasteiger partial charge in [0, 0.05) is 17.4 Å². The Morgan fingerprint density at radius 1 is 1.33 bits per heavy atom. The Hall–Kier alpha value is -2.24. The number of carbonyl (C=O) groups excluding carboxylic acids is 2. The Morgan fingerprint density at radius 2 is 2.06 bits per heavy atom. The summed E-state index contributed by atoms with van der Waals surface area (Å²) in [4.78, 5) is 22.8. The first-order chi connectivity index (χ1) is 8.47. The van der Waals surface area contributed by atoms with Crippen LogP contribution in [-0.4, -0.2) is 24.5 Å². The molecule has 0 saturated carbocycles. The summed E-state index contributed by atoms with van der Waals surface area (Å²) in [6.45, 7) is 3.64. The lowest BCUT2D eigenvalue weighted by Crippen LogP contribution is -2.41. The van der Waals surface area contributed by atoms with E-state index < -0.39 is 6.03 Å². The zero-order valence-electron chi connectivity index (χ0n) is 10.5. The van der Waals surface area contributed by atoms with Crippen LogP contribution < -0.4 is 21.7 Å². The third kappa shape index (κ3) is 5.20. The number of amides is 3. The van der Waals surface area contributed by atoms with Gasteiger partial charge in [0.1, 0.15) is 0 Å². The van der Waals surface area contributed by atoms with Gasteiger partial charge in [-0.25, -0.2) is 4.79 Å². The molecule has 0 heterocycles. The standard InChI is InChI=1S/C12H18N4O2/c1-8(2)15-11(17)7-14-12(18)16-10-5-3-4-9(13)6-10/h3-6,8H,7,13H2,1-2H3,(H,15,17)(H2,14,16,18). The molecule has 0 aliphatic rings. The molecule has 0 saturated heterocycles. The molecule has 1 aromatic carbocycles. The summed E-state index contributed by atoms with van der Waals surface area (Å²) in [5.74, 6) is -0.229. The van der Waals surface area contributed by atoms with E-state index in [0.717, 1.165) is 0 Å². The number of nitrogens with two attached hydrogens (primary N) is 1. The smallest absolute Gasteiger partial charge is 0.319 e. The minimum absolute atomic E-state index is 0.0521. The molecule has 0 spiro atoms. The molecule has 0 atom stereocenters. The van der Waals surface area contributed by atoms with Crippen molar-refractivity contribution in [3.05, 3.63) is 24.3 Å². The number of hydrogen-bond acceptors (Lipinski definition) is 3. The summed E-state index contributed by atoms with van der Waals surface area (Å²) in [7, 11) is 0. The predicted molar refractivity (Wildman–Crippen MR) is 71.2 cm³/mol. The number of urea groups is 1. The Morgan fingerprint density at radius 3 is 2.67 bits per heavy atom. The third-order valence-electron chi connectivity index (χ3n) is 2.00. The molecule has 1 rings (SSSR count). The van der Waals surface area contributed by atoms with Crippen LogP contribution in [0.3, 0.4) is 0 Å². The molecular weight excluding hydrogens is 232 g/mol. The van der Waals surface area contributed by atoms with Crippen LogP contribution in [0.1, 0.15) is 13.8 Å². The minimum Gasteiger partial charge on any atom is -0.399 e. The first-order valence-corrected chi connectivity index (χ1v) is 5.67. The van der Waals surface area contributed by atoms with E-state index in [1.807, 2.05) is 13.8 Å². The lowest BCUT2D eigenvalue weighted by atomic mass is 10.3. The number of rotatable bonds is 4. The van der Waals surface area contributed by atoms with Crippen LogP contribution in [-0.2, 0) is 4.79 Å². The number of hydrogen-bond donors (Lipinski definition) is 4. The fraction of sp³-hybridized carbons (Fsp3) is 0.333. The molecule has 1 aromatic rings. The minimum atomic E-state index is -0.445. The van der Waals surface area contributed by atoms with Crippen LogP contribution in [0.4, 0.5) is 16.2 Å². The molecular formula is C12H18N4O2. The molecule has 3 amide bonds. The zero-order chi connectivity index (χ0) is 13.5. The number of benzene rings is 1. The molecule has 18 heavy (non-hydrogen) atoms. The van der Waals surface area contributed by atoms with Gasteiger partial charge in [0.2, 0.25) is 5.91 Å². The lowest BCUT2D eigenvalue weighted by molar-refractivity contribution is -0.120. The van der Waals surface area contributed by atoms with E-state index in [1.54, 1.807) is 24.3 Å². The van der Waals surface area contributed by atoms with Crippen molar-refractivity contribution in [1.82, 2.24) is 10.6 Å². The van der Waals surface area contributed by atoms with Crippen LogP contribution in [0.15, 0.2) is 24.3 Å². The van der Waals surface area contributed by atoms with Gasteiger partial charge in [-0.3, -0.25) is 4.79 Å².